The molecule has 2 rings (SSSR count). The Bertz CT molecular complexity index is 802. The van der Waals surface area contributed by atoms with Gasteiger partial charge in [-0.2, -0.15) is 0 Å². The fraction of sp³-hybridized carbons (Fsp3) is 0.368. The van der Waals surface area contributed by atoms with Gasteiger partial charge in [-0.1, -0.05) is 13.8 Å². The molecule has 0 atom stereocenters. The first-order chi connectivity index (χ1) is 12.9. The van der Waals surface area contributed by atoms with E-state index in [1.807, 2.05) is 19.2 Å². The van der Waals surface area contributed by atoms with Crippen LogP contribution in [0, 0.1) is 5.92 Å². The van der Waals surface area contributed by atoms with Crippen molar-refractivity contribution in [1.82, 2.24) is 4.98 Å². The molecule has 0 spiro atoms. The first-order valence-electron chi connectivity index (χ1n) is 8.56. The SMILES string of the molecule is CCOC(=O)c1c(CC(C)C)csc1NC(=O)COC(=O)c1cccnc1. The standard InChI is InChI=1S/C19H22N2O5S/c1-4-25-19(24)16-14(8-12(2)3)11-27-17(16)21-15(22)10-26-18(23)13-6-5-7-20-9-13/h5-7,9,11-12H,4,8,10H2,1-3H3,(H,21,22). The van der Waals surface area contributed by atoms with Gasteiger partial charge >= 0.3 is 11.9 Å². The highest BCUT2D eigenvalue weighted by atomic mass is 32.1. The van der Waals surface area contributed by atoms with Crippen molar-refractivity contribution in [3.05, 3.63) is 46.6 Å². The van der Waals surface area contributed by atoms with Crippen molar-refractivity contribution in [3.63, 3.8) is 0 Å². The number of carbonyl (C=O) groups excluding carboxylic acids is 3. The number of thiophene rings is 1. The van der Waals surface area contributed by atoms with Crippen LogP contribution in [0.5, 0.6) is 0 Å². The molecule has 0 unspecified atom stereocenters. The minimum absolute atomic E-state index is 0.242. The molecule has 0 bridgehead atoms. The Morgan fingerprint density at radius 1 is 1.22 bits per heavy atom. The van der Waals surface area contributed by atoms with E-state index in [0.29, 0.717) is 22.9 Å². The van der Waals surface area contributed by atoms with E-state index in [9.17, 15) is 14.4 Å². The van der Waals surface area contributed by atoms with Crippen molar-refractivity contribution < 1.29 is 23.9 Å². The molecule has 2 aromatic heterocycles. The van der Waals surface area contributed by atoms with Crippen LogP contribution in [0.4, 0.5) is 5.00 Å². The fourth-order valence-electron chi connectivity index (χ4n) is 2.36. The lowest BCUT2D eigenvalue weighted by Crippen LogP contribution is -2.22. The first kappa shape index (κ1) is 20.6. The molecule has 1 N–H and O–H groups in total. The molecule has 0 radical (unpaired) electrons. The molecule has 0 aliphatic carbocycles. The van der Waals surface area contributed by atoms with E-state index in [-0.39, 0.29) is 12.2 Å². The molecule has 0 aliphatic rings. The number of anilines is 1. The van der Waals surface area contributed by atoms with Gasteiger partial charge in [0.2, 0.25) is 0 Å². The third-order valence-electron chi connectivity index (χ3n) is 3.46. The maximum absolute atomic E-state index is 12.3. The number of hydrogen-bond donors (Lipinski definition) is 1. The van der Waals surface area contributed by atoms with E-state index in [2.05, 4.69) is 10.3 Å². The van der Waals surface area contributed by atoms with Gasteiger partial charge in [0.1, 0.15) is 5.00 Å². The van der Waals surface area contributed by atoms with E-state index in [1.165, 1.54) is 23.7 Å². The molecule has 0 aromatic carbocycles. The quantitative estimate of drug-likeness (QED) is 0.695. The Balaban J connectivity index is 2.05. The zero-order valence-electron chi connectivity index (χ0n) is 15.5. The van der Waals surface area contributed by atoms with E-state index < -0.39 is 24.5 Å². The van der Waals surface area contributed by atoms with Crippen LogP contribution in [0.25, 0.3) is 0 Å². The topological polar surface area (TPSA) is 94.6 Å². The van der Waals surface area contributed by atoms with Gasteiger partial charge in [0, 0.05) is 12.4 Å². The lowest BCUT2D eigenvalue weighted by molar-refractivity contribution is -0.119. The number of nitrogens with one attached hydrogen (secondary N) is 1. The molecule has 8 heteroatoms. The van der Waals surface area contributed by atoms with Gasteiger partial charge in [-0.3, -0.25) is 9.78 Å². The van der Waals surface area contributed by atoms with Crippen LogP contribution in [0.2, 0.25) is 0 Å². The second-order valence-corrected chi connectivity index (χ2v) is 7.03. The van der Waals surface area contributed by atoms with Crippen molar-refractivity contribution in [1.29, 1.82) is 0 Å². The summed E-state index contributed by atoms with van der Waals surface area (Å²) >= 11 is 1.25. The van der Waals surface area contributed by atoms with Crippen LogP contribution < -0.4 is 5.32 Å². The molecular formula is C19H22N2O5S. The second-order valence-electron chi connectivity index (χ2n) is 6.15. The monoisotopic (exact) mass is 390 g/mol. The molecule has 1 amide bonds. The first-order valence-corrected chi connectivity index (χ1v) is 9.44. The predicted molar refractivity (Wildman–Crippen MR) is 102 cm³/mol. The van der Waals surface area contributed by atoms with Gasteiger partial charge in [-0.05, 0) is 42.3 Å². The van der Waals surface area contributed by atoms with Crippen molar-refractivity contribution in [3.8, 4) is 0 Å². The molecule has 7 nitrogen and oxygen atoms in total. The average molecular weight is 390 g/mol. The normalized spacial score (nSPS) is 10.5. The second kappa shape index (κ2) is 9.82. The number of rotatable bonds is 8. The summed E-state index contributed by atoms with van der Waals surface area (Å²) in [7, 11) is 0. The molecular weight excluding hydrogens is 368 g/mol. The highest BCUT2D eigenvalue weighted by molar-refractivity contribution is 7.15. The third kappa shape index (κ3) is 5.89. The summed E-state index contributed by atoms with van der Waals surface area (Å²) in [6, 6.07) is 3.15. The van der Waals surface area contributed by atoms with Gasteiger partial charge in [0.15, 0.2) is 6.61 Å². The fourth-order valence-corrected chi connectivity index (χ4v) is 3.34. The molecule has 0 saturated heterocycles. The number of hydrogen-bond acceptors (Lipinski definition) is 7. The van der Waals surface area contributed by atoms with E-state index in [0.717, 1.165) is 5.56 Å². The zero-order chi connectivity index (χ0) is 19.8. The molecule has 27 heavy (non-hydrogen) atoms. The Hall–Kier alpha value is -2.74. The summed E-state index contributed by atoms with van der Waals surface area (Å²) in [5.74, 6) is -1.31. The predicted octanol–water partition coefficient (Wildman–Crippen LogP) is 3.31. The van der Waals surface area contributed by atoms with Gasteiger partial charge in [0.05, 0.1) is 17.7 Å². The number of amides is 1. The van der Waals surface area contributed by atoms with Crippen LogP contribution in [-0.4, -0.2) is 36.0 Å². The minimum Gasteiger partial charge on any atom is -0.462 e. The number of carbonyl (C=O) groups is 3. The molecule has 0 fully saturated rings. The number of pyridine rings is 1. The largest absolute Gasteiger partial charge is 0.462 e. The molecule has 144 valence electrons. The summed E-state index contributed by atoms with van der Waals surface area (Å²) in [6.07, 6.45) is 3.58. The van der Waals surface area contributed by atoms with Gasteiger partial charge in [-0.25, -0.2) is 9.59 Å². The number of ether oxygens (including phenoxy) is 2. The zero-order valence-corrected chi connectivity index (χ0v) is 16.3. The maximum Gasteiger partial charge on any atom is 0.341 e. The summed E-state index contributed by atoms with van der Waals surface area (Å²) in [5, 5.41) is 4.87. The van der Waals surface area contributed by atoms with Crippen molar-refractivity contribution in [2.45, 2.75) is 27.2 Å². The Kier molecular flexibility index (Phi) is 7.48. The van der Waals surface area contributed by atoms with Gasteiger partial charge in [0.25, 0.3) is 5.91 Å². The molecule has 0 aliphatic heterocycles. The van der Waals surface area contributed by atoms with Crippen molar-refractivity contribution in [2.24, 2.45) is 5.92 Å². The molecule has 2 heterocycles. The molecule has 0 saturated carbocycles. The summed E-state index contributed by atoms with van der Waals surface area (Å²) in [6.45, 7) is 5.59. The van der Waals surface area contributed by atoms with Crippen LogP contribution >= 0.6 is 11.3 Å². The minimum atomic E-state index is -0.643. The number of aromatic nitrogens is 1. The Morgan fingerprint density at radius 3 is 2.63 bits per heavy atom. The van der Waals surface area contributed by atoms with Gasteiger partial charge < -0.3 is 14.8 Å². The van der Waals surface area contributed by atoms with Crippen LogP contribution in [0.3, 0.4) is 0 Å². The van der Waals surface area contributed by atoms with Gasteiger partial charge in [-0.15, -0.1) is 11.3 Å². The average Bonchev–Trinajstić information content (AvgIpc) is 3.02. The highest BCUT2D eigenvalue weighted by Gasteiger charge is 2.22. The Morgan fingerprint density at radius 2 is 2.00 bits per heavy atom. The lowest BCUT2D eigenvalue weighted by atomic mass is 10.0. The van der Waals surface area contributed by atoms with E-state index in [1.54, 1.807) is 19.1 Å². The smallest absolute Gasteiger partial charge is 0.341 e. The summed E-state index contributed by atoms with van der Waals surface area (Å²) in [5.41, 5.74) is 1.45. The van der Waals surface area contributed by atoms with Crippen LogP contribution in [0.15, 0.2) is 29.9 Å². The maximum atomic E-state index is 12.3. The summed E-state index contributed by atoms with van der Waals surface area (Å²) < 4.78 is 10.1. The number of esters is 2. The van der Waals surface area contributed by atoms with Crippen LogP contribution in [-0.2, 0) is 20.7 Å². The third-order valence-corrected chi connectivity index (χ3v) is 4.40. The number of nitrogens with zero attached hydrogens (tertiary/aromatic N) is 1. The highest BCUT2D eigenvalue weighted by Crippen LogP contribution is 2.30. The van der Waals surface area contributed by atoms with Crippen molar-refractivity contribution >= 4 is 34.2 Å². The molecule has 2 aromatic rings. The van der Waals surface area contributed by atoms with E-state index >= 15 is 0 Å². The van der Waals surface area contributed by atoms with E-state index in [4.69, 9.17) is 9.47 Å². The van der Waals surface area contributed by atoms with Crippen LogP contribution in [0.1, 0.15) is 47.1 Å². The van der Waals surface area contributed by atoms with Crippen molar-refractivity contribution in [2.75, 3.05) is 18.5 Å². The lowest BCUT2D eigenvalue weighted by Gasteiger charge is -2.10. The summed E-state index contributed by atoms with van der Waals surface area (Å²) in [4.78, 5) is 40.2. The Labute approximate surface area is 161 Å².